The van der Waals surface area contributed by atoms with Crippen molar-refractivity contribution in [2.75, 3.05) is 24.6 Å². The Bertz CT molecular complexity index is 396. The highest BCUT2D eigenvalue weighted by molar-refractivity contribution is 7.14. The van der Waals surface area contributed by atoms with Gasteiger partial charge in [0.2, 0.25) is 5.91 Å². The molecule has 0 atom stereocenters. The first-order valence-electron chi connectivity index (χ1n) is 7.23. The van der Waals surface area contributed by atoms with Crippen LogP contribution in [0.2, 0.25) is 0 Å². The number of carbonyl (C=O) groups is 1. The van der Waals surface area contributed by atoms with Crippen LogP contribution in [-0.4, -0.2) is 35.7 Å². The molecule has 0 fully saturated rings. The fraction of sp³-hybridized carbons (Fsp3) is 0.714. The van der Waals surface area contributed by atoms with E-state index in [1.165, 1.54) is 11.3 Å². The monoisotopic (exact) mass is 299 g/mol. The van der Waals surface area contributed by atoms with Gasteiger partial charge in [0.05, 0.1) is 5.69 Å². The standard InChI is InChI=1S/C14H25N3O2S/c1-3-17(12(2)19)14-16-13(11-20-14)10-15-8-6-4-5-7-9-18/h11,15,18H,3-10H2,1-2H3. The summed E-state index contributed by atoms with van der Waals surface area (Å²) in [5.74, 6) is 0.0326. The average molecular weight is 299 g/mol. The molecule has 6 heteroatoms. The lowest BCUT2D eigenvalue weighted by atomic mass is 10.2. The Morgan fingerprint density at radius 2 is 2.15 bits per heavy atom. The molecule has 0 saturated heterocycles. The minimum Gasteiger partial charge on any atom is -0.396 e. The van der Waals surface area contributed by atoms with Gasteiger partial charge in [0.15, 0.2) is 5.13 Å². The van der Waals surface area contributed by atoms with Crippen LogP contribution in [0.25, 0.3) is 0 Å². The number of aliphatic hydroxyl groups excluding tert-OH is 1. The number of carbonyl (C=O) groups excluding carboxylic acids is 1. The smallest absolute Gasteiger partial charge is 0.225 e. The molecule has 1 amide bonds. The second-order valence-electron chi connectivity index (χ2n) is 4.70. The third-order valence-corrected chi connectivity index (χ3v) is 3.95. The van der Waals surface area contributed by atoms with E-state index in [4.69, 9.17) is 5.11 Å². The van der Waals surface area contributed by atoms with Gasteiger partial charge in [-0.2, -0.15) is 0 Å². The summed E-state index contributed by atoms with van der Waals surface area (Å²) in [6, 6.07) is 0. The van der Waals surface area contributed by atoms with Gasteiger partial charge in [-0.1, -0.05) is 12.8 Å². The lowest BCUT2D eigenvalue weighted by Gasteiger charge is -2.14. The number of anilines is 1. The van der Waals surface area contributed by atoms with Gasteiger partial charge in [0.25, 0.3) is 0 Å². The number of hydrogen-bond acceptors (Lipinski definition) is 5. The molecule has 0 bridgehead atoms. The number of unbranched alkanes of at least 4 members (excludes halogenated alkanes) is 3. The topological polar surface area (TPSA) is 65.5 Å². The molecule has 0 radical (unpaired) electrons. The van der Waals surface area contributed by atoms with E-state index in [2.05, 4.69) is 10.3 Å². The number of nitrogens with zero attached hydrogens (tertiary/aromatic N) is 2. The Balaban J connectivity index is 2.25. The summed E-state index contributed by atoms with van der Waals surface area (Å²) < 4.78 is 0. The Kier molecular flexibility index (Phi) is 8.41. The summed E-state index contributed by atoms with van der Waals surface area (Å²) in [6.45, 7) is 6.16. The highest BCUT2D eigenvalue weighted by Gasteiger charge is 2.12. The van der Waals surface area contributed by atoms with E-state index >= 15 is 0 Å². The van der Waals surface area contributed by atoms with Gasteiger partial charge < -0.3 is 10.4 Å². The summed E-state index contributed by atoms with van der Waals surface area (Å²) in [5, 5.41) is 14.8. The molecule has 20 heavy (non-hydrogen) atoms. The highest BCUT2D eigenvalue weighted by atomic mass is 32.1. The fourth-order valence-electron chi connectivity index (χ4n) is 1.93. The normalized spacial score (nSPS) is 10.8. The van der Waals surface area contributed by atoms with Crippen LogP contribution in [0, 0.1) is 0 Å². The molecule has 114 valence electrons. The molecule has 1 aromatic rings. The quantitative estimate of drug-likeness (QED) is 0.650. The molecule has 0 aliphatic carbocycles. The Morgan fingerprint density at radius 1 is 1.40 bits per heavy atom. The molecule has 1 rings (SSSR count). The van der Waals surface area contributed by atoms with E-state index in [0.717, 1.165) is 49.6 Å². The van der Waals surface area contributed by atoms with Crippen molar-refractivity contribution in [1.29, 1.82) is 0 Å². The van der Waals surface area contributed by atoms with Gasteiger partial charge in [-0.25, -0.2) is 4.98 Å². The fourth-order valence-corrected chi connectivity index (χ4v) is 2.86. The third-order valence-electron chi connectivity index (χ3n) is 3.03. The Labute approximate surface area is 125 Å². The summed E-state index contributed by atoms with van der Waals surface area (Å²) in [6.07, 6.45) is 4.24. The van der Waals surface area contributed by atoms with Crippen LogP contribution >= 0.6 is 11.3 Å². The van der Waals surface area contributed by atoms with Crippen LogP contribution in [0.15, 0.2) is 5.38 Å². The molecule has 1 heterocycles. The Morgan fingerprint density at radius 3 is 2.80 bits per heavy atom. The summed E-state index contributed by atoms with van der Waals surface area (Å²) in [5.41, 5.74) is 0.986. The molecule has 0 aliphatic heterocycles. The first-order chi connectivity index (χ1) is 9.69. The van der Waals surface area contributed by atoms with Gasteiger partial charge in [-0.05, 0) is 26.3 Å². The van der Waals surface area contributed by atoms with E-state index in [0.29, 0.717) is 13.2 Å². The number of amides is 1. The van der Waals surface area contributed by atoms with Crippen LogP contribution in [0.5, 0.6) is 0 Å². The van der Waals surface area contributed by atoms with Gasteiger partial charge in [0, 0.05) is 32.0 Å². The number of rotatable bonds is 10. The second kappa shape index (κ2) is 9.85. The van der Waals surface area contributed by atoms with Gasteiger partial charge in [-0.15, -0.1) is 11.3 Å². The molecule has 2 N–H and O–H groups in total. The van der Waals surface area contributed by atoms with E-state index in [9.17, 15) is 4.79 Å². The molecule has 0 aromatic carbocycles. The van der Waals surface area contributed by atoms with Crippen molar-refractivity contribution in [1.82, 2.24) is 10.3 Å². The minimum atomic E-state index is 0.0326. The van der Waals surface area contributed by atoms with E-state index in [-0.39, 0.29) is 5.91 Å². The maximum absolute atomic E-state index is 11.4. The molecule has 0 saturated carbocycles. The first kappa shape index (κ1) is 17.1. The zero-order valence-electron chi connectivity index (χ0n) is 12.4. The number of thiazole rings is 1. The van der Waals surface area contributed by atoms with Crippen LogP contribution < -0.4 is 10.2 Å². The maximum Gasteiger partial charge on any atom is 0.225 e. The maximum atomic E-state index is 11.4. The Hall–Kier alpha value is -0.980. The van der Waals surface area contributed by atoms with Crippen LogP contribution in [-0.2, 0) is 11.3 Å². The summed E-state index contributed by atoms with van der Waals surface area (Å²) >= 11 is 1.51. The molecular weight excluding hydrogens is 274 g/mol. The number of nitrogens with one attached hydrogen (secondary N) is 1. The van der Waals surface area contributed by atoms with Gasteiger partial charge in [-0.3, -0.25) is 9.69 Å². The third kappa shape index (κ3) is 5.98. The molecule has 5 nitrogen and oxygen atoms in total. The molecule has 0 unspecified atom stereocenters. The van der Waals surface area contributed by atoms with Crippen molar-refractivity contribution >= 4 is 22.4 Å². The van der Waals surface area contributed by atoms with E-state index in [1.807, 2.05) is 12.3 Å². The number of aliphatic hydroxyl groups is 1. The summed E-state index contributed by atoms with van der Waals surface area (Å²) in [7, 11) is 0. The number of hydrogen-bond donors (Lipinski definition) is 2. The van der Waals surface area contributed by atoms with E-state index < -0.39 is 0 Å². The van der Waals surface area contributed by atoms with Crippen molar-refractivity contribution in [2.45, 2.75) is 46.1 Å². The number of aromatic nitrogens is 1. The largest absolute Gasteiger partial charge is 0.396 e. The predicted molar refractivity (Wildman–Crippen MR) is 83.1 cm³/mol. The lowest BCUT2D eigenvalue weighted by Crippen LogP contribution is -2.27. The molecule has 1 aromatic heterocycles. The second-order valence-corrected chi connectivity index (χ2v) is 5.54. The zero-order chi connectivity index (χ0) is 14.8. The van der Waals surface area contributed by atoms with Crippen molar-refractivity contribution < 1.29 is 9.90 Å². The SMILES string of the molecule is CCN(C(C)=O)c1nc(CNCCCCCCO)cs1. The highest BCUT2D eigenvalue weighted by Crippen LogP contribution is 2.20. The van der Waals surface area contributed by atoms with Gasteiger partial charge >= 0.3 is 0 Å². The molecular formula is C14H25N3O2S. The molecule has 0 spiro atoms. The van der Waals surface area contributed by atoms with Crippen LogP contribution in [0.3, 0.4) is 0 Å². The summed E-state index contributed by atoms with van der Waals surface area (Å²) in [4.78, 5) is 17.6. The van der Waals surface area contributed by atoms with Crippen LogP contribution in [0.1, 0.15) is 45.2 Å². The average Bonchev–Trinajstić information content (AvgIpc) is 2.87. The zero-order valence-corrected chi connectivity index (χ0v) is 13.2. The van der Waals surface area contributed by atoms with Crippen molar-refractivity contribution in [3.05, 3.63) is 11.1 Å². The van der Waals surface area contributed by atoms with E-state index in [1.54, 1.807) is 11.8 Å². The van der Waals surface area contributed by atoms with Crippen molar-refractivity contribution in [2.24, 2.45) is 0 Å². The molecule has 0 aliphatic rings. The van der Waals surface area contributed by atoms with Crippen molar-refractivity contribution in [3.8, 4) is 0 Å². The first-order valence-corrected chi connectivity index (χ1v) is 8.11. The van der Waals surface area contributed by atoms with Crippen LogP contribution in [0.4, 0.5) is 5.13 Å². The van der Waals surface area contributed by atoms with Crippen molar-refractivity contribution in [3.63, 3.8) is 0 Å². The van der Waals surface area contributed by atoms with Gasteiger partial charge in [0.1, 0.15) is 0 Å². The lowest BCUT2D eigenvalue weighted by molar-refractivity contribution is -0.116. The minimum absolute atomic E-state index is 0.0326. The predicted octanol–water partition coefficient (Wildman–Crippen LogP) is 2.16.